The summed E-state index contributed by atoms with van der Waals surface area (Å²) in [7, 11) is -3.23. The van der Waals surface area contributed by atoms with Crippen LogP contribution in [0, 0.1) is 0 Å². The fraction of sp³-hybridized carbons (Fsp3) is 0.625. The smallest absolute Gasteiger partial charge is 0.218 e. The second-order valence-electron chi connectivity index (χ2n) is 6.26. The van der Waals surface area contributed by atoms with Gasteiger partial charge >= 0.3 is 0 Å². The average molecular weight is 343 g/mol. The summed E-state index contributed by atoms with van der Waals surface area (Å²) < 4.78 is 26.7. The lowest BCUT2D eigenvalue weighted by Gasteiger charge is -2.37. The van der Waals surface area contributed by atoms with Crippen molar-refractivity contribution in [3.05, 3.63) is 34.9 Å². The maximum absolute atomic E-state index is 12.5. The van der Waals surface area contributed by atoms with E-state index in [0.717, 1.165) is 18.7 Å². The molecule has 22 heavy (non-hydrogen) atoms. The van der Waals surface area contributed by atoms with Crippen molar-refractivity contribution in [1.82, 2.24) is 9.21 Å². The van der Waals surface area contributed by atoms with Gasteiger partial charge in [0.15, 0.2) is 0 Å². The van der Waals surface area contributed by atoms with Crippen LogP contribution in [0.25, 0.3) is 0 Å². The standard InChI is InChI=1S/C16H23ClN2O2S/c17-15-7-5-14(6-8-15)13-22(20,21)19-11-9-18(10-12-19)16-3-1-2-4-16/h5-8,16H,1-4,9-13H2. The van der Waals surface area contributed by atoms with Crippen LogP contribution in [0.4, 0.5) is 0 Å². The van der Waals surface area contributed by atoms with Crippen molar-refractivity contribution in [3.8, 4) is 0 Å². The fourth-order valence-corrected chi connectivity index (χ4v) is 5.14. The zero-order valence-corrected chi connectivity index (χ0v) is 14.3. The second kappa shape index (κ2) is 6.87. The third-order valence-corrected chi connectivity index (χ3v) is 6.87. The van der Waals surface area contributed by atoms with E-state index in [4.69, 9.17) is 11.6 Å². The molecule has 0 aromatic heterocycles. The Bertz CT molecular complexity index is 589. The van der Waals surface area contributed by atoms with E-state index in [2.05, 4.69) is 4.90 Å². The first-order valence-electron chi connectivity index (χ1n) is 8.01. The highest BCUT2D eigenvalue weighted by molar-refractivity contribution is 7.88. The van der Waals surface area contributed by atoms with Crippen LogP contribution in [-0.4, -0.2) is 49.8 Å². The molecule has 0 radical (unpaired) electrons. The summed E-state index contributed by atoms with van der Waals surface area (Å²) in [4.78, 5) is 2.47. The Balaban J connectivity index is 1.58. The summed E-state index contributed by atoms with van der Waals surface area (Å²) in [6.07, 6.45) is 5.19. The zero-order chi connectivity index (χ0) is 15.6. The summed E-state index contributed by atoms with van der Waals surface area (Å²) in [6.45, 7) is 2.97. The topological polar surface area (TPSA) is 40.6 Å². The van der Waals surface area contributed by atoms with Gasteiger partial charge in [-0.15, -0.1) is 0 Å². The van der Waals surface area contributed by atoms with Crippen molar-refractivity contribution in [2.45, 2.75) is 37.5 Å². The highest BCUT2D eigenvalue weighted by atomic mass is 35.5. The molecule has 0 amide bonds. The number of nitrogens with zero attached hydrogens (tertiary/aromatic N) is 2. The summed E-state index contributed by atoms with van der Waals surface area (Å²) >= 11 is 5.84. The molecule has 0 unspecified atom stereocenters. The first-order chi connectivity index (χ1) is 10.5. The van der Waals surface area contributed by atoms with Gasteiger partial charge in [0.2, 0.25) is 10.0 Å². The Hall–Kier alpha value is -0.620. The van der Waals surface area contributed by atoms with Crippen LogP contribution >= 0.6 is 11.6 Å². The predicted molar refractivity (Wildman–Crippen MR) is 89.5 cm³/mol. The van der Waals surface area contributed by atoms with Crippen molar-refractivity contribution in [2.75, 3.05) is 26.2 Å². The normalized spacial score (nSPS) is 22.2. The number of hydrogen-bond acceptors (Lipinski definition) is 3. The number of halogens is 1. The summed E-state index contributed by atoms with van der Waals surface area (Å²) in [5, 5.41) is 0.631. The summed E-state index contributed by atoms with van der Waals surface area (Å²) in [5.41, 5.74) is 0.794. The first kappa shape index (κ1) is 16.2. The molecule has 1 aromatic rings. The molecule has 1 saturated carbocycles. The van der Waals surface area contributed by atoms with Crippen LogP contribution in [0.3, 0.4) is 0 Å². The van der Waals surface area contributed by atoms with E-state index in [1.165, 1.54) is 25.7 Å². The van der Waals surface area contributed by atoms with E-state index in [-0.39, 0.29) is 5.75 Å². The summed E-state index contributed by atoms with van der Waals surface area (Å²) in [6, 6.07) is 7.74. The van der Waals surface area contributed by atoms with Gasteiger partial charge in [-0.1, -0.05) is 36.6 Å². The molecule has 1 saturated heterocycles. The molecule has 6 heteroatoms. The highest BCUT2D eigenvalue weighted by Crippen LogP contribution is 2.25. The predicted octanol–water partition coefficient (Wildman–Crippen LogP) is 2.73. The minimum Gasteiger partial charge on any atom is -0.298 e. The van der Waals surface area contributed by atoms with Crippen LogP contribution in [0.15, 0.2) is 24.3 Å². The van der Waals surface area contributed by atoms with Gasteiger partial charge < -0.3 is 0 Å². The Morgan fingerprint density at radius 1 is 1.00 bits per heavy atom. The molecule has 3 rings (SSSR count). The van der Waals surface area contributed by atoms with Crippen LogP contribution in [0.1, 0.15) is 31.2 Å². The van der Waals surface area contributed by atoms with Gasteiger partial charge in [-0.2, -0.15) is 4.31 Å². The van der Waals surface area contributed by atoms with E-state index in [1.807, 2.05) is 0 Å². The fourth-order valence-electron chi connectivity index (χ4n) is 3.50. The number of benzene rings is 1. The Labute approximate surface area is 138 Å². The molecule has 2 fully saturated rings. The Kier molecular flexibility index (Phi) is 5.07. The van der Waals surface area contributed by atoms with Gasteiger partial charge in [0.1, 0.15) is 0 Å². The maximum atomic E-state index is 12.5. The van der Waals surface area contributed by atoms with Gasteiger partial charge in [0.05, 0.1) is 5.75 Å². The van der Waals surface area contributed by atoms with E-state index in [9.17, 15) is 8.42 Å². The molecule has 4 nitrogen and oxygen atoms in total. The Morgan fingerprint density at radius 3 is 2.18 bits per heavy atom. The van der Waals surface area contributed by atoms with Crippen molar-refractivity contribution in [1.29, 1.82) is 0 Å². The van der Waals surface area contributed by atoms with Crippen LogP contribution in [0.5, 0.6) is 0 Å². The third kappa shape index (κ3) is 3.82. The molecular weight excluding hydrogens is 320 g/mol. The minimum atomic E-state index is -3.23. The molecule has 0 atom stereocenters. The van der Waals surface area contributed by atoms with E-state index < -0.39 is 10.0 Å². The molecule has 0 N–H and O–H groups in total. The second-order valence-corrected chi connectivity index (χ2v) is 8.66. The lowest BCUT2D eigenvalue weighted by molar-refractivity contribution is 0.139. The quantitative estimate of drug-likeness (QED) is 0.844. The minimum absolute atomic E-state index is 0.0631. The van der Waals surface area contributed by atoms with E-state index in [0.29, 0.717) is 24.2 Å². The number of rotatable bonds is 4. The maximum Gasteiger partial charge on any atom is 0.218 e. The number of piperazine rings is 1. The van der Waals surface area contributed by atoms with Crippen molar-refractivity contribution in [3.63, 3.8) is 0 Å². The molecule has 1 aliphatic heterocycles. The van der Waals surface area contributed by atoms with Gasteiger partial charge in [-0.3, -0.25) is 4.90 Å². The molecule has 1 aliphatic carbocycles. The molecular formula is C16H23ClN2O2S. The lowest BCUT2D eigenvalue weighted by Crippen LogP contribution is -2.51. The van der Waals surface area contributed by atoms with Crippen LogP contribution < -0.4 is 0 Å². The van der Waals surface area contributed by atoms with Gasteiger partial charge in [-0.25, -0.2) is 8.42 Å². The lowest BCUT2D eigenvalue weighted by atomic mass is 10.2. The zero-order valence-electron chi connectivity index (χ0n) is 12.7. The van der Waals surface area contributed by atoms with Gasteiger partial charge in [0.25, 0.3) is 0 Å². The largest absolute Gasteiger partial charge is 0.298 e. The highest BCUT2D eigenvalue weighted by Gasteiger charge is 2.30. The van der Waals surface area contributed by atoms with Crippen molar-refractivity contribution < 1.29 is 8.42 Å². The van der Waals surface area contributed by atoms with Crippen LogP contribution in [0.2, 0.25) is 5.02 Å². The Morgan fingerprint density at radius 2 is 1.59 bits per heavy atom. The van der Waals surface area contributed by atoms with Crippen molar-refractivity contribution in [2.24, 2.45) is 0 Å². The molecule has 1 aromatic carbocycles. The third-order valence-electron chi connectivity index (χ3n) is 4.77. The van der Waals surface area contributed by atoms with Crippen LogP contribution in [-0.2, 0) is 15.8 Å². The SMILES string of the molecule is O=S(=O)(Cc1ccc(Cl)cc1)N1CCN(C2CCCC2)CC1. The monoisotopic (exact) mass is 342 g/mol. The average Bonchev–Trinajstić information content (AvgIpc) is 3.04. The number of hydrogen-bond donors (Lipinski definition) is 0. The number of sulfonamides is 1. The molecule has 0 spiro atoms. The summed E-state index contributed by atoms with van der Waals surface area (Å²) in [5.74, 6) is 0.0631. The van der Waals surface area contributed by atoms with E-state index >= 15 is 0 Å². The molecule has 1 heterocycles. The molecule has 2 aliphatic rings. The van der Waals surface area contributed by atoms with Crippen molar-refractivity contribution >= 4 is 21.6 Å². The first-order valence-corrected chi connectivity index (χ1v) is 10.00. The molecule has 122 valence electrons. The van der Waals surface area contributed by atoms with Gasteiger partial charge in [-0.05, 0) is 30.5 Å². The van der Waals surface area contributed by atoms with E-state index in [1.54, 1.807) is 28.6 Å². The molecule has 0 bridgehead atoms. The van der Waals surface area contributed by atoms with Gasteiger partial charge in [0, 0.05) is 37.2 Å².